The first-order valence-electron chi connectivity index (χ1n) is 7.01. The second-order valence-corrected chi connectivity index (χ2v) is 5.30. The number of fused-ring (bicyclic) bond motifs is 1. The van der Waals surface area contributed by atoms with Gasteiger partial charge in [0.05, 0.1) is 0 Å². The molecule has 0 saturated heterocycles. The van der Waals surface area contributed by atoms with Gasteiger partial charge in [0.2, 0.25) is 0 Å². The van der Waals surface area contributed by atoms with Crippen molar-refractivity contribution in [2.45, 2.75) is 25.2 Å². The quantitative estimate of drug-likeness (QED) is 0.868. The van der Waals surface area contributed by atoms with Crippen molar-refractivity contribution in [3.8, 4) is 0 Å². The van der Waals surface area contributed by atoms with Crippen molar-refractivity contribution >= 4 is 5.69 Å². The average Bonchev–Trinajstić information content (AvgIpc) is 2.48. The van der Waals surface area contributed by atoms with Crippen LogP contribution in [0.2, 0.25) is 0 Å². The maximum Gasteiger partial charge on any atom is 0.160 e. The molecule has 0 amide bonds. The predicted molar refractivity (Wildman–Crippen MR) is 77.0 cm³/mol. The van der Waals surface area contributed by atoms with Crippen LogP contribution < -0.4 is 5.32 Å². The van der Waals surface area contributed by atoms with Gasteiger partial charge in [-0.25, -0.2) is 8.78 Å². The van der Waals surface area contributed by atoms with Gasteiger partial charge in [0.25, 0.3) is 0 Å². The number of nitrogens with one attached hydrogen (secondary N) is 1. The van der Waals surface area contributed by atoms with E-state index in [0.717, 1.165) is 25.5 Å². The molecule has 3 heteroatoms. The fraction of sp³-hybridized carbons (Fsp3) is 0.294. The van der Waals surface area contributed by atoms with Crippen LogP contribution in [0, 0.1) is 11.6 Å². The van der Waals surface area contributed by atoms with Crippen molar-refractivity contribution in [1.29, 1.82) is 0 Å². The fourth-order valence-electron chi connectivity index (χ4n) is 2.91. The summed E-state index contributed by atoms with van der Waals surface area (Å²) in [6, 6.07) is 12.4. The zero-order valence-corrected chi connectivity index (χ0v) is 11.2. The smallest absolute Gasteiger partial charge is 0.160 e. The molecule has 3 rings (SSSR count). The summed E-state index contributed by atoms with van der Waals surface area (Å²) in [6.45, 7) is 0.752. The van der Waals surface area contributed by atoms with Gasteiger partial charge < -0.3 is 5.32 Å². The van der Waals surface area contributed by atoms with Crippen LogP contribution in [0.25, 0.3) is 0 Å². The lowest BCUT2D eigenvalue weighted by atomic mass is 9.83. The number of rotatable bonds is 3. The van der Waals surface area contributed by atoms with Crippen molar-refractivity contribution in [2.24, 2.45) is 0 Å². The lowest BCUT2D eigenvalue weighted by Gasteiger charge is -2.26. The Hall–Kier alpha value is -1.90. The van der Waals surface area contributed by atoms with Crippen LogP contribution >= 0.6 is 0 Å². The molecule has 1 aliphatic rings. The Labute approximate surface area is 117 Å². The minimum atomic E-state index is -0.807. The van der Waals surface area contributed by atoms with Crippen molar-refractivity contribution in [1.82, 2.24) is 0 Å². The van der Waals surface area contributed by atoms with Crippen LogP contribution in [-0.2, 0) is 6.42 Å². The highest BCUT2D eigenvalue weighted by Gasteiger charge is 2.19. The Bertz CT molecular complexity index is 610. The van der Waals surface area contributed by atoms with Crippen LogP contribution in [0.3, 0.4) is 0 Å². The molecule has 1 N–H and O–H groups in total. The minimum absolute atomic E-state index is 0.438. The number of anilines is 1. The molecule has 20 heavy (non-hydrogen) atoms. The lowest BCUT2D eigenvalue weighted by molar-refractivity contribution is 0.509. The Morgan fingerprint density at radius 2 is 1.90 bits per heavy atom. The lowest BCUT2D eigenvalue weighted by Crippen LogP contribution is -2.18. The molecule has 2 aromatic carbocycles. The Morgan fingerprint density at radius 1 is 1.05 bits per heavy atom. The molecular formula is C17H17F2N. The molecule has 0 bridgehead atoms. The summed E-state index contributed by atoms with van der Waals surface area (Å²) >= 11 is 0. The minimum Gasteiger partial charge on any atom is -0.384 e. The standard InChI is InChI=1S/C17H17F2N/c18-16-9-8-14(10-17(16)19)20-11-13-6-3-5-12-4-1-2-7-15(12)13/h1-2,4,7-10,13,20H,3,5-6,11H2. The molecule has 104 valence electrons. The maximum absolute atomic E-state index is 13.2. The first-order chi connectivity index (χ1) is 9.74. The number of halogens is 2. The number of aryl methyl sites for hydroxylation is 1. The van der Waals surface area contributed by atoms with E-state index in [1.54, 1.807) is 6.07 Å². The molecule has 1 unspecified atom stereocenters. The van der Waals surface area contributed by atoms with Crippen LogP contribution in [0.5, 0.6) is 0 Å². The van der Waals surface area contributed by atoms with Gasteiger partial charge in [-0.3, -0.25) is 0 Å². The van der Waals surface area contributed by atoms with Gasteiger partial charge in [-0.2, -0.15) is 0 Å². The summed E-state index contributed by atoms with van der Waals surface area (Å²) in [5.41, 5.74) is 3.43. The Kier molecular flexibility index (Phi) is 3.68. The van der Waals surface area contributed by atoms with E-state index in [1.807, 2.05) is 0 Å². The highest BCUT2D eigenvalue weighted by atomic mass is 19.2. The van der Waals surface area contributed by atoms with E-state index < -0.39 is 11.6 Å². The molecule has 0 radical (unpaired) electrons. The fourth-order valence-corrected chi connectivity index (χ4v) is 2.91. The van der Waals surface area contributed by atoms with E-state index in [2.05, 4.69) is 29.6 Å². The molecule has 0 fully saturated rings. The number of hydrogen-bond donors (Lipinski definition) is 1. The molecule has 1 nitrogen and oxygen atoms in total. The third kappa shape index (κ3) is 2.67. The first kappa shape index (κ1) is 13.1. The second kappa shape index (κ2) is 5.61. The molecular weight excluding hydrogens is 256 g/mol. The van der Waals surface area contributed by atoms with Gasteiger partial charge >= 0.3 is 0 Å². The molecule has 0 heterocycles. The van der Waals surface area contributed by atoms with Gasteiger partial charge in [-0.15, -0.1) is 0 Å². The van der Waals surface area contributed by atoms with Gasteiger partial charge in [0.1, 0.15) is 0 Å². The van der Waals surface area contributed by atoms with Gasteiger partial charge in [0, 0.05) is 18.2 Å². The maximum atomic E-state index is 13.2. The second-order valence-electron chi connectivity index (χ2n) is 5.30. The summed E-state index contributed by atoms with van der Waals surface area (Å²) in [4.78, 5) is 0. The number of hydrogen-bond acceptors (Lipinski definition) is 1. The number of benzene rings is 2. The molecule has 0 aliphatic heterocycles. The van der Waals surface area contributed by atoms with E-state index in [4.69, 9.17) is 0 Å². The summed E-state index contributed by atoms with van der Waals surface area (Å²) in [6.07, 6.45) is 3.45. The van der Waals surface area contributed by atoms with E-state index >= 15 is 0 Å². The molecule has 0 saturated carbocycles. The predicted octanol–water partition coefficient (Wildman–Crippen LogP) is 4.50. The first-order valence-corrected chi connectivity index (χ1v) is 7.01. The third-order valence-corrected chi connectivity index (χ3v) is 3.97. The van der Waals surface area contributed by atoms with E-state index in [-0.39, 0.29) is 0 Å². The van der Waals surface area contributed by atoms with Crippen LogP contribution in [0.15, 0.2) is 42.5 Å². The van der Waals surface area contributed by atoms with Gasteiger partial charge in [0.15, 0.2) is 11.6 Å². The zero-order chi connectivity index (χ0) is 13.9. The van der Waals surface area contributed by atoms with Gasteiger partial charge in [-0.05, 0) is 48.6 Å². The van der Waals surface area contributed by atoms with Crippen molar-refractivity contribution < 1.29 is 8.78 Å². The van der Waals surface area contributed by atoms with Crippen LogP contribution in [0.1, 0.15) is 29.9 Å². The van der Waals surface area contributed by atoms with Crippen LogP contribution in [-0.4, -0.2) is 6.54 Å². The Morgan fingerprint density at radius 3 is 2.75 bits per heavy atom. The van der Waals surface area contributed by atoms with E-state index in [9.17, 15) is 8.78 Å². The molecule has 0 spiro atoms. The van der Waals surface area contributed by atoms with Crippen LogP contribution in [0.4, 0.5) is 14.5 Å². The molecule has 0 aromatic heterocycles. The zero-order valence-electron chi connectivity index (χ0n) is 11.2. The molecule has 2 aromatic rings. The Balaban J connectivity index is 1.71. The average molecular weight is 273 g/mol. The van der Waals surface area contributed by atoms with Crippen molar-refractivity contribution in [2.75, 3.05) is 11.9 Å². The molecule has 1 aliphatic carbocycles. The summed E-state index contributed by atoms with van der Waals surface area (Å²) in [7, 11) is 0. The van der Waals surface area contributed by atoms with Crippen molar-refractivity contribution in [3.05, 3.63) is 65.2 Å². The van der Waals surface area contributed by atoms with E-state index in [0.29, 0.717) is 11.6 Å². The SMILES string of the molecule is Fc1ccc(NCC2CCCc3ccccc32)cc1F. The normalized spacial score (nSPS) is 17.6. The third-order valence-electron chi connectivity index (χ3n) is 3.97. The summed E-state index contributed by atoms with van der Waals surface area (Å²) in [5, 5.41) is 3.22. The topological polar surface area (TPSA) is 12.0 Å². The van der Waals surface area contributed by atoms with Gasteiger partial charge in [-0.1, -0.05) is 24.3 Å². The largest absolute Gasteiger partial charge is 0.384 e. The highest BCUT2D eigenvalue weighted by molar-refractivity contribution is 5.44. The molecule has 1 atom stereocenters. The summed E-state index contributed by atoms with van der Waals surface area (Å²) < 4.78 is 26.1. The van der Waals surface area contributed by atoms with E-state index in [1.165, 1.54) is 23.6 Å². The van der Waals surface area contributed by atoms with Crippen molar-refractivity contribution in [3.63, 3.8) is 0 Å². The highest BCUT2D eigenvalue weighted by Crippen LogP contribution is 2.31. The monoisotopic (exact) mass is 273 g/mol. The summed E-state index contributed by atoms with van der Waals surface area (Å²) in [5.74, 6) is -1.18.